The summed E-state index contributed by atoms with van der Waals surface area (Å²) in [4.78, 5) is 15.0. The topological polar surface area (TPSA) is 49.8 Å². The lowest BCUT2D eigenvalue weighted by atomic mass is 10.0. The van der Waals surface area contributed by atoms with Crippen molar-refractivity contribution in [3.63, 3.8) is 0 Å². The van der Waals surface area contributed by atoms with Crippen LogP contribution in [0.5, 0.6) is 11.5 Å². The zero-order valence-electron chi connectivity index (χ0n) is 15.5. The molecule has 0 spiro atoms. The van der Waals surface area contributed by atoms with Gasteiger partial charge < -0.3 is 9.84 Å². The number of hydrogen-bond donors (Lipinski definition) is 1. The Morgan fingerprint density at radius 1 is 1.22 bits per heavy atom. The summed E-state index contributed by atoms with van der Waals surface area (Å²) in [5.74, 6) is 0.253. The number of halogens is 1. The number of phenolic OH excluding ortho intramolecular Hbond substituents is 1. The van der Waals surface area contributed by atoms with Crippen molar-refractivity contribution in [1.82, 2.24) is 4.90 Å². The van der Waals surface area contributed by atoms with Crippen molar-refractivity contribution in [2.45, 2.75) is 25.8 Å². The number of piperidine rings is 1. The van der Waals surface area contributed by atoms with E-state index in [4.69, 9.17) is 16.3 Å². The number of hydrogen-bond acceptors (Lipinski definition) is 4. The molecule has 3 rings (SSSR count). The van der Waals surface area contributed by atoms with E-state index in [0.29, 0.717) is 17.3 Å². The van der Waals surface area contributed by atoms with Crippen molar-refractivity contribution in [2.75, 3.05) is 20.2 Å². The van der Waals surface area contributed by atoms with Gasteiger partial charge in [0.1, 0.15) is 11.5 Å². The highest BCUT2D eigenvalue weighted by molar-refractivity contribution is 6.32. The van der Waals surface area contributed by atoms with E-state index in [1.807, 2.05) is 18.2 Å². The number of phenols is 1. The molecule has 0 unspecified atom stereocenters. The van der Waals surface area contributed by atoms with Crippen molar-refractivity contribution in [3.05, 3.63) is 64.2 Å². The third-order valence-corrected chi connectivity index (χ3v) is 5.17. The first-order valence-corrected chi connectivity index (χ1v) is 9.55. The quantitative estimate of drug-likeness (QED) is 0.565. The van der Waals surface area contributed by atoms with Crippen molar-refractivity contribution < 1.29 is 14.6 Å². The van der Waals surface area contributed by atoms with E-state index in [1.165, 1.54) is 31.4 Å². The van der Waals surface area contributed by atoms with Crippen LogP contribution in [0.3, 0.4) is 0 Å². The Bertz CT molecular complexity index is 841. The van der Waals surface area contributed by atoms with Gasteiger partial charge in [-0.05, 0) is 55.8 Å². The molecule has 0 aliphatic carbocycles. The highest BCUT2D eigenvalue weighted by Crippen LogP contribution is 2.30. The fourth-order valence-corrected chi connectivity index (χ4v) is 3.55. The lowest BCUT2D eigenvalue weighted by Gasteiger charge is -2.27. The second-order valence-corrected chi connectivity index (χ2v) is 7.14. The highest BCUT2D eigenvalue weighted by atomic mass is 35.5. The molecule has 1 heterocycles. The minimum Gasteiger partial charge on any atom is -0.507 e. The van der Waals surface area contributed by atoms with Crippen LogP contribution in [0.4, 0.5) is 0 Å². The number of rotatable bonds is 6. The summed E-state index contributed by atoms with van der Waals surface area (Å²) < 4.78 is 5.41. The Morgan fingerprint density at radius 3 is 2.67 bits per heavy atom. The van der Waals surface area contributed by atoms with Gasteiger partial charge in [0.15, 0.2) is 5.78 Å². The Kier molecular flexibility index (Phi) is 6.54. The predicted octanol–water partition coefficient (Wildman–Crippen LogP) is 4.94. The number of carbonyl (C=O) groups excluding carboxylic acids is 1. The number of nitrogens with zero attached hydrogens (tertiary/aromatic N) is 1. The molecule has 1 aliphatic rings. The summed E-state index contributed by atoms with van der Waals surface area (Å²) >= 11 is 6.12. The summed E-state index contributed by atoms with van der Waals surface area (Å²) in [6.45, 7) is 2.79. The first kappa shape index (κ1) is 19.5. The van der Waals surface area contributed by atoms with Gasteiger partial charge in [-0.25, -0.2) is 0 Å². The minimum absolute atomic E-state index is 0.0805. The molecule has 0 aromatic heterocycles. The van der Waals surface area contributed by atoms with Crippen LogP contribution < -0.4 is 4.74 Å². The zero-order chi connectivity index (χ0) is 19.2. The third kappa shape index (κ3) is 4.90. The zero-order valence-corrected chi connectivity index (χ0v) is 16.2. The van der Waals surface area contributed by atoms with Gasteiger partial charge in [-0.3, -0.25) is 9.69 Å². The van der Waals surface area contributed by atoms with E-state index in [-0.39, 0.29) is 17.1 Å². The van der Waals surface area contributed by atoms with Gasteiger partial charge in [0.2, 0.25) is 0 Å². The predicted molar refractivity (Wildman–Crippen MR) is 109 cm³/mol. The monoisotopic (exact) mass is 385 g/mol. The Morgan fingerprint density at radius 2 is 1.96 bits per heavy atom. The van der Waals surface area contributed by atoms with Crippen LogP contribution in [0.15, 0.2) is 42.5 Å². The standard InChI is InChI=1S/C22H24ClNO3/c1-27-22-14-21(26)18(13-17(22)15-24-11-5-2-6-12-24)20(25)10-9-16-7-3-4-8-19(16)23/h3-4,7-10,13-14,26H,2,5-6,11-12,15H2,1H3/b10-9+. The largest absolute Gasteiger partial charge is 0.507 e. The van der Waals surface area contributed by atoms with E-state index >= 15 is 0 Å². The molecule has 27 heavy (non-hydrogen) atoms. The lowest BCUT2D eigenvalue weighted by molar-refractivity contribution is 0.104. The Labute approximate surface area is 165 Å². The average molecular weight is 386 g/mol. The number of carbonyl (C=O) groups is 1. The van der Waals surface area contributed by atoms with Gasteiger partial charge in [-0.2, -0.15) is 0 Å². The number of methoxy groups -OCH3 is 1. The number of ketones is 1. The molecule has 2 aromatic rings. The smallest absolute Gasteiger partial charge is 0.189 e. The summed E-state index contributed by atoms with van der Waals surface area (Å²) in [7, 11) is 1.58. The molecule has 1 N–H and O–H groups in total. The van der Waals surface area contributed by atoms with Crippen molar-refractivity contribution in [2.24, 2.45) is 0 Å². The second-order valence-electron chi connectivity index (χ2n) is 6.74. The third-order valence-electron chi connectivity index (χ3n) is 4.83. The molecule has 2 aromatic carbocycles. The normalized spacial score (nSPS) is 15.2. The average Bonchev–Trinajstić information content (AvgIpc) is 2.69. The van der Waals surface area contributed by atoms with Crippen LogP contribution in [-0.4, -0.2) is 36.0 Å². The molecule has 0 saturated carbocycles. The molecule has 0 radical (unpaired) electrons. The minimum atomic E-state index is -0.269. The molecule has 1 saturated heterocycles. The molecular weight excluding hydrogens is 362 g/mol. The molecule has 0 atom stereocenters. The maximum absolute atomic E-state index is 12.6. The van der Waals surface area contributed by atoms with Crippen LogP contribution >= 0.6 is 11.6 Å². The van der Waals surface area contributed by atoms with Crippen molar-refractivity contribution >= 4 is 23.5 Å². The maximum atomic E-state index is 12.6. The van der Waals surface area contributed by atoms with Gasteiger partial charge in [-0.1, -0.05) is 36.2 Å². The van der Waals surface area contributed by atoms with E-state index in [2.05, 4.69) is 4.90 Å². The first-order chi connectivity index (χ1) is 13.1. The van der Waals surface area contributed by atoms with Crippen LogP contribution in [0, 0.1) is 0 Å². The molecule has 142 valence electrons. The maximum Gasteiger partial charge on any atom is 0.189 e. The molecular formula is C22H24ClNO3. The van der Waals surface area contributed by atoms with Crippen LogP contribution in [0.1, 0.15) is 40.7 Å². The summed E-state index contributed by atoms with van der Waals surface area (Å²) in [6, 6.07) is 10.6. The van der Waals surface area contributed by atoms with Gasteiger partial charge in [0.25, 0.3) is 0 Å². The fraction of sp³-hybridized carbons (Fsp3) is 0.318. The molecule has 5 heteroatoms. The van der Waals surface area contributed by atoms with Crippen molar-refractivity contribution in [3.8, 4) is 11.5 Å². The first-order valence-electron chi connectivity index (χ1n) is 9.17. The van der Waals surface area contributed by atoms with E-state index in [1.54, 1.807) is 25.3 Å². The Balaban J connectivity index is 1.84. The van der Waals surface area contributed by atoms with E-state index < -0.39 is 0 Å². The number of likely N-dealkylation sites (tertiary alicyclic amines) is 1. The van der Waals surface area contributed by atoms with Crippen molar-refractivity contribution in [1.29, 1.82) is 0 Å². The Hall–Kier alpha value is -2.30. The number of aromatic hydroxyl groups is 1. The number of ether oxygens (including phenoxy) is 1. The van der Waals surface area contributed by atoms with Gasteiger partial charge in [-0.15, -0.1) is 0 Å². The second kappa shape index (κ2) is 9.07. The summed E-state index contributed by atoms with van der Waals surface area (Å²) in [5, 5.41) is 10.9. The summed E-state index contributed by atoms with van der Waals surface area (Å²) in [5.41, 5.74) is 1.94. The molecule has 0 amide bonds. The molecule has 4 nitrogen and oxygen atoms in total. The van der Waals surface area contributed by atoms with Gasteiger partial charge >= 0.3 is 0 Å². The molecule has 1 fully saturated rings. The SMILES string of the molecule is COc1cc(O)c(C(=O)/C=C/c2ccccc2Cl)cc1CN1CCCCC1. The van der Waals surface area contributed by atoms with Crippen LogP contribution in [0.25, 0.3) is 6.08 Å². The van der Waals surface area contributed by atoms with Gasteiger partial charge in [0.05, 0.1) is 12.7 Å². The van der Waals surface area contributed by atoms with Crippen LogP contribution in [-0.2, 0) is 6.54 Å². The van der Waals surface area contributed by atoms with Gasteiger partial charge in [0, 0.05) is 23.2 Å². The summed E-state index contributed by atoms with van der Waals surface area (Å²) in [6.07, 6.45) is 6.74. The fourth-order valence-electron chi connectivity index (χ4n) is 3.35. The van der Waals surface area contributed by atoms with E-state index in [0.717, 1.165) is 24.2 Å². The van der Waals surface area contributed by atoms with Crippen LogP contribution in [0.2, 0.25) is 5.02 Å². The number of benzene rings is 2. The van der Waals surface area contributed by atoms with E-state index in [9.17, 15) is 9.90 Å². The lowest BCUT2D eigenvalue weighted by Crippen LogP contribution is -2.29. The number of allylic oxidation sites excluding steroid dienone is 1. The molecule has 0 bridgehead atoms. The highest BCUT2D eigenvalue weighted by Gasteiger charge is 2.18. The molecule has 1 aliphatic heterocycles.